The van der Waals surface area contributed by atoms with Gasteiger partial charge in [-0.15, -0.1) is 11.3 Å². The number of hydrogen-bond donors (Lipinski definition) is 1. The maximum absolute atomic E-state index is 4.81. The van der Waals surface area contributed by atoms with Crippen LogP contribution in [0.15, 0.2) is 12.1 Å². The summed E-state index contributed by atoms with van der Waals surface area (Å²) in [5, 5.41) is 4.85. The van der Waals surface area contributed by atoms with Gasteiger partial charge >= 0.3 is 0 Å². The lowest BCUT2D eigenvalue weighted by Crippen LogP contribution is -2.26. The number of fused-ring (bicyclic) bond motifs is 1. The van der Waals surface area contributed by atoms with E-state index < -0.39 is 0 Å². The molecule has 17 heavy (non-hydrogen) atoms. The smallest absolute Gasteiger partial charge is 0.111 e. The predicted octanol–water partition coefficient (Wildman–Crippen LogP) is 3.73. The number of nitrogens with one attached hydrogen (secondary N) is 1. The monoisotopic (exact) mass is 246 g/mol. The van der Waals surface area contributed by atoms with Crippen LogP contribution in [0.3, 0.4) is 0 Å². The highest BCUT2D eigenvalue weighted by molar-refractivity contribution is 7.18. The van der Waals surface area contributed by atoms with Crippen molar-refractivity contribution in [2.45, 2.75) is 39.2 Å². The molecule has 90 valence electrons. The summed E-state index contributed by atoms with van der Waals surface area (Å²) < 4.78 is 1.36. The number of rotatable bonds is 1. The summed E-state index contributed by atoms with van der Waals surface area (Å²) in [4.78, 5) is 4.81. The Bertz CT molecular complexity index is 538. The third-order valence-corrected chi connectivity index (χ3v) is 4.77. The van der Waals surface area contributed by atoms with Gasteiger partial charge in [-0.25, -0.2) is 4.98 Å². The molecule has 0 saturated carbocycles. The molecular formula is C14H18N2S. The van der Waals surface area contributed by atoms with Crippen LogP contribution in [-0.2, 0) is 0 Å². The molecule has 1 saturated heterocycles. The molecule has 1 unspecified atom stereocenters. The van der Waals surface area contributed by atoms with Gasteiger partial charge in [0.2, 0.25) is 0 Å². The molecule has 3 heteroatoms. The van der Waals surface area contributed by atoms with E-state index in [2.05, 4.69) is 31.3 Å². The second kappa shape index (κ2) is 4.39. The van der Waals surface area contributed by atoms with Crippen LogP contribution in [0.25, 0.3) is 10.2 Å². The minimum Gasteiger partial charge on any atom is -0.308 e. The maximum Gasteiger partial charge on any atom is 0.111 e. The quantitative estimate of drug-likeness (QED) is 0.829. The first-order valence-electron chi connectivity index (χ1n) is 6.35. The summed E-state index contributed by atoms with van der Waals surface area (Å²) in [6.07, 6.45) is 3.86. The van der Waals surface area contributed by atoms with E-state index in [1.807, 2.05) is 11.3 Å². The van der Waals surface area contributed by atoms with Gasteiger partial charge in [0.15, 0.2) is 0 Å². The van der Waals surface area contributed by atoms with Crippen LogP contribution in [0.5, 0.6) is 0 Å². The first-order chi connectivity index (χ1) is 8.24. The van der Waals surface area contributed by atoms with Gasteiger partial charge in [0, 0.05) is 0 Å². The van der Waals surface area contributed by atoms with Crippen molar-refractivity contribution in [2.24, 2.45) is 0 Å². The molecule has 2 heterocycles. The van der Waals surface area contributed by atoms with Crippen molar-refractivity contribution in [1.29, 1.82) is 0 Å². The lowest BCUT2D eigenvalue weighted by atomic mass is 10.1. The van der Waals surface area contributed by atoms with E-state index in [1.54, 1.807) is 0 Å². The lowest BCUT2D eigenvalue weighted by molar-refractivity contribution is 0.411. The molecule has 1 aliphatic rings. The summed E-state index contributed by atoms with van der Waals surface area (Å²) in [5.74, 6) is 0. The van der Waals surface area contributed by atoms with Crippen molar-refractivity contribution < 1.29 is 0 Å². The highest BCUT2D eigenvalue weighted by Crippen LogP contribution is 2.32. The second-order valence-corrected chi connectivity index (χ2v) is 6.02. The molecule has 1 atom stereocenters. The van der Waals surface area contributed by atoms with E-state index in [0.29, 0.717) is 6.04 Å². The van der Waals surface area contributed by atoms with Crippen molar-refractivity contribution in [1.82, 2.24) is 10.3 Å². The Balaban J connectivity index is 2.03. The summed E-state index contributed by atoms with van der Waals surface area (Å²) in [7, 11) is 0. The summed E-state index contributed by atoms with van der Waals surface area (Å²) in [5.41, 5.74) is 3.85. The molecule has 1 aliphatic heterocycles. The van der Waals surface area contributed by atoms with Crippen molar-refractivity contribution in [3.8, 4) is 0 Å². The Hall–Kier alpha value is -0.930. The number of benzene rings is 1. The molecule has 0 bridgehead atoms. The minimum atomic E-state index is 0.487. The van der Waals surface area contributed by atoms with E-state index in [9.17, 15) is 0 Å². The predicted molar refractivity (Wildman–Crippen MR) is 73.7 cm³/mol. The SMILES string of the molecule is Cc1cc(C)c2sc(C3CCCCN3)nc2c1. The van der Waals surface area contributed by atoms with Crippen LogP contribution in [-0.4, -0.2) is 11.5 Å². The zero-order valence-corrected chi connectivity index (χ0v) is 11.2. The van der Waals surface area contributed by atoms with E-state index in [-0.39, 0.29) is 0 Å². The number of thiazole rings is 1. The number of nitrogens with zero attached hydrogens (tertiary/aromatic N) is 1. The van der Waals surface area contributed by atoms with Crippen LogP contribution in [0.4, 0.5) is 0 Å². The second-order valence-electron chi connectivity index (χ2n) is 4.98. The lowest BCUT2D eigenvalue weighted by Gasteiger charge is -2.20. The van der Waals surface area contributed by atoms with Crippen LogP contribution in [0, 0.1) is 13.8 Å². The molecule has 1 aromatic carbocycles. The third-order valence-electron chi connectivity index (χ3n) is 3.45. The maximum atomic E-state index is 4.81. The molecule has 0 aliphatic carbocycles. The van der Waals surface area contributed by atoms with E-state index >= 15 is 0 Å². The topological polar surface area (TPSA) is 24.9 Å². The molecule has 0 spiro atoms. The molecule has 3 rings (SSSR count). The number of aromatic nitrogens is 1. The van der Waals surface area contributed by atoms with Gasteiger partial charge in [0.05, 0.1) is 16.3 Å². The van der Waals surface area contributed by atoms with Crippen LogP contribution >= 0.6 is 11.3 Å². The van der Waals surface area contributed by atoms with E-state index in [4.69, 9.17) is 4.98 Å². The fraction of sp³-hybridized carbons (Fsp3) is 0.500. The number of hydrogen-bond acceptors (Lipinski definition) is 3. The first kappa shape index (κ1) is 11.2. The Morgan fingerprint density at radius 1 is 1.29 bits per heavy atom. The minimum absolute atomic E-state index is 0.487. The molecule has 1 fully saturated rings. The van der Waals surface area contributed by atoms with E-state index in [1.165, 1.54) is 45.6 Å². The van der Waals surface area contributed by atoms with Gasteiger partial charge < -0.3 is 5.32 Å². The number of aryl methyl sites for hydroxylation is 2. The Kier molecular flexibility index (Phi) is 2.89. The Morgan fingerprint density at radius 3 is 2.94 bits per heavy atom. The van der Waals surface area contributed by atoms with Gasteiger partial charge in [-0.2, -0.15) is 0 Å². The van der Waals surface area contributed by atoms with Gasteiger partial charge in [-0.1, -0.05) is 12.5 Å². The van der Waals surface area contributed by atoms with Gasteiger partial charge in [-0.3, -0.25) is 0 Å². The molecule has 0 radical (unpaired) electrons. The van der Waals surface area contributed by atoms with Crippen molar-refractivity contribution >= 4 is 21.6 Å². The average Bonchev–Trinajstić information content (AvgIpc) is 2.74. The fourth-order valence-electron chi connectivity index (χ4n) is 2.61. The summed E-state index contributed by atoms with van der Waals surface area (Å²) in [6, 6.07) is 4.94. The van der Waals surface area contributed by atoms with Gasteiger partial charge in [0.25, 0.3) is 0 Å². The van der Waals surface area contributed by atoms with Crippen molar-refractivity contribution in [3.63, 3.8) is 0 Å². The third kappa shape index (κ3) is 2.09. The standard InChI is InChI=1S/C14H18N2S/c1-9-7-10(2)13-12(8-9)16-14(17-13)11-5-3-4-6-15-11/h7-8,11,15H,3-6H2,1-2H3. The molecular weight excluding hydrogens is 228 g/mol. The average molecular weight is 246 g/mol. The molecule has 2 aromatic rings. The van der Waals surface area contributed by atoms with Crippen LogP contribution in [0.2, 0.25) is 0 Å². The number of piperidine rings is 1. The molecule has 1 N–H and O–H groups in total. The molecule has 2 nitrogen and oxygen atoms in total. The first-order valence-corrected chi connectivity index (χ1v) is 7.17. The normalized spacial score (nSPS) is 20.9. The van der Waals surface area contributed by atoms with Crippen molar-refractivity contribution in [3.05, 3.63) is 28.3 Å². The summed E-state index contributed by atoms with van der Waals surface area (Å²) in [6.45, 7) is 5.47. The van der Waals surface area contributed by atoms with Crippen LogP contribution < -0.4 is 5.32 Å². The molecule has 0 amide bonds. The Morgan fingerprint density at radius 2 is 2.18 bits per heavy atom. The Labute approximate surface area is 106 Å². The zero-order valence-electron chi connectivity index (χ0n) is 10.4. The van der Waals surface area contributed by atoms with Gasteiger partial charge in [-0.05, 0) is 50.4 Å². The fourth-order valence-corrected chi connectivity index (χ4v) is 3.73. The van der Waals surface area contributed by atoms with Gasteiger partial charge in [0.1, 0.15) is 5.01 Å². The highest BCUT2D eigenvalue weighted by Gasteiger charge is 2.19. The molecule has 1 aromatic heterocycles. The highest BCUT2D eigenvalue weighted by atomic mass is 32.1. The van der Waals surface area contributed by atoms with Crippen LogP contribution in [0.1, 0.15) is 41.4 Å². The van der Waals surface area contributed by atoms with Crippen molar-refractivity contribution in [2.75, 3.05) is 6.54 Å². The largest absolute Gasteiger partial charge is 0.308 e. The van der Waals surface area contributed by atoms with E-state index in [0.717, 1.165) is 6.54 Å². The summed E-state index contributed by atoms with van der Waals surface area (Å²) >= 11 is 1.87. The zero-order chi connectivity index (χ0) is 11.8.